The van der Waals surface area contributed by atoms with Crippen molar-refractivity contribution in [3.63, 3.8) is 0 Å². The number of nitrogens with zero attached hydrogens (tertiary/aromatic N) is 1. The largest absolute Gasteiger partial charge is 0.481 e. The summed E-state index contributed by atoms with van der Waals surface area (Å²) >= 11 is 0. The van der Waals surface area contributed by atoms with E-state index in [9.17, 15) is 9.59 Å². The predicted molar refractivity (Wildman–Crippen MR) is 81.2 cm³/mol. The molecule has 5 heteroatoms. The van der Waals surface area contributed by atoms with Crippen LogP contribution in [0.4, 0.5) is 5.69 Å². The zero-order chi connectivity index (χ0) is 15.4. The smallest absolute Gasteiger partial charge is 0.308 e. The van der Waals surface area contributed by atoms with Crippen molar-refractivity contribution in [3.8, 4) is 0 Å². The van der Waals surface area contributed by atoms with Gasteiger partial charge in [0, 0.05) is 18.8 Å². The number of carboxylic acid groups (broad SMARTS) is 1. The van der Waals surface area contributed by atoms with Gasteiger partial charge in [-0.25, -0.2) is 0 Å². The van der Waals surface area contributed by atoms with Crippen molar-refractivity contribution in [2.24, 2.45) is 11.8 Å². The number of hydrogen-bond acceptors (Lipinski definition) is 3. The zero-order valence-corrected chi connectivity index (χ0v) is 12.5. The molecule has 1 aromatic carbocycles. The van der Waals surface area contributed by atoms with Crippen LogP contribution in [-0.4, -0.2) is 41.5 Å². The molecule has 1 heterocycles. The van der Waals surface area contributed by atoms with Crippen LogP contribution in [0.25, 0.3) is 0 Å². The Kier molecular flexibility index (Phi) is 4.96. The van der Waals surface area contributed by atoms with Crippen molar-refractivity contribution in [2.75, 3.05) is 25.0 Å². The Bertz CT molecular complexity index is 530. The van der Waals surface area contributed by atoms with Crippen LogP contribution in [0.5, 0.6) is 0 Å². The fraction of sp³-hybridized carbons (Fsp3) is 0.500. The molecule has 114 valence electrons. The predicted octanol–water partition coefficient (Wildman–Crippen LogP) is 1.84. The molecule has 1 aliphatic heterocycles. The maximum atomic E-state index is 12.1. The second-order valence-corrected chi connectivity index (χ2v) is 5.72. The third kappa shape index (κ3) is 4.04. The fourth-order valence-electron chi connectivity index (χ4n) is 2.79. The Morgan fingerprint density at radius 3 is 2.76 bits per heavy atom. The van der Waals surface area contributed by atoms with Crippen LogP contribution in [0, 0.1) is 11.8 Å². The van der Waals surface area contributed by atoms with E-state index in [-0.39, 0.29) is 24.3 Å². The number of anilines is 1. The van der Waals surface area contributed by atoms with Gasteiger partial charge in [-0.15, -0.1) is 0 Å². The number of carboxylic acids is 1. The van der Waals surface area contributed by atoms with Gasteiger partial charge in [-0.3, -0.25) is 14.5 Å². The number of nitrogens with one attached hydrogen (secondary N) is 1. The Labute approximate surface area is 125 Å². The van der Waals surface area contributed by atoms with Gasteiger partial charge in [-0.2, -0.15) is 0 Å². The van der Waals surface area contributed by atoms with Crippen LogP contribution < -0.4 is 5.32 Å². The zero-order valence-electron chi connectivity index (χ0n) is 12.5. The Balaban J connectivity index is 1.89. The molecule has 0 saturated carbocycles. The summed E-state index contributed by atoms with van der Waals surface area (Å²) in [6.07, 6.45) is 0.924. The number of likely N-dealkylation sites (tertiary alicyclic amines) is 1. The van der Waals surface area contributed by atoms with E-state index in [1.54, 1.807) is 0 Å². The summed E-state index contributed by atoms with van der Waals surface area (Å²) in [4.78, 5) is 25.0. The van der Waals surface area contributed by atoms with E-state index in [0.717, 1.165) is 12.1 Å². The standard InChI is InChI=1S/C16H22N2O3/c1-3-12-5-4-6-13(7-12)17-15(19)10-18-8-11(2)14(9-18)16(20)21/h4-7,11,14H,3,8-10H2,1-2H3,(H,17,19)(H,20,21)/t11-,14-/m1/s1. The molecule has 2 atom stereocenters. The van der Waals surface area contributed by atoms with Gasteiger partial charge in [0.25, 0.3) is 0 Å². The molecule has 0 aromatic heterocycles. The van der Waals surface area contributed by atoms with Gasteiger partial charge in [0.15, 0.2) is 0 Å². The van der Waals surface area contributed by atoms with Gasteiger partial charge >= 0.3 is 5.97 Å². The first-order valence-electron chi connectivity index (χ1n) is 7.33. The van der Waals surface area contributed by atoms with Crippen molar-refractivity contribution in [1.82, 2.24) is 4.90 Å². The number of carbonyl (C=O) groups is 2. The van der Waals surface area contributed by atoms with Crippen molar-refractivity contribution in [3.05, 3.63) is 29.8 Å². The second-order valence-electron chi connectivity index (χ2n) is 5.72. The van der Waals surface area contributed by atoms with E-state index in [0.29, 0.717) is 13.1 Å². The summed E-state index contributed by atoms with van der Waals surface area (Å²) < 4.78 is 0. The molecule has 0 aliphatic carbocycles. The number of carbonyl (C=O) groups excluding carboxylic acids is 1. The number of benzene rings is 1. The Morgan fingerprint density at radius 2 is 2.14 bits per heavy atom. The minimum atomic E-state index is -0.777. The summed E-state index contributed by atoms with van der Waals surface area (Å²) in [7, 11) is 0. The first kappa shape index (κ1) is 15.5. The van der Waals surface area contributed by atoms with Crippen LogP contribution >= 0.6 is 0 Å². The third-order valence-electron chi connectivity index (χ3n) is 3.99. The summed E-state index contributed by atoms with van der Waals surface area (Å²) in [6.45, 7) is 5.32. The molecule has 2 N–H and O–H groups in total. The van der Waals surface area contributed by atoms with Crippen molar-refractivity contribution in [2.45, 2.75) is 20.3 Å². The summed E-state index contributed by atoms with van der Waals surface area (Å²) in [5.74, 6) is -1.16. The van der Waals surface area contributed by atoms with Crippen molar-refractivity contribution >= 4 is 17.6 Å². The molecule has 1 amide bonds. The number of aryl methyl sites for hydroxylation is 1. The van der Waals surface area contributed by atoms with E-state index in [1.807, 2.05) is 36.1 Å². The van der Waals surface area contributed by atoms with Gasteiger partial charge in [-0.05, 0) is 30.0 Å². The SMILES string of the molecule is CCc1cccc(NC(=O)CN2C[C@@H](C)[C@H](C(=O)O)C2)c1. The summed E-state index contributed by atoms with van der Waals surface area (Å²) in [5.41, 5.74) is 1.97. The molecule has 0 radical (unpaired) electrons. The van der Waals surface area contributed by atoms with Crippen molar-refractivity contribution in [1.29, 1.82) is 0 Å². The second kappa shape index (κ2) is 6.72. The first-order chi connectivity index (χ1) is 9.99. The molecule has 21 heavy (non-hydrogen) atoms. The van der Waals surface area contributed by atoms with E-state index in [2.05, 4.69) is 12.2 Å². The quantitative estimate of drug-likeness (QED) is 0.868. The Morgan fingerprint density at radius 1 is 1.38 bits per heavy atom. The summed E-state index contributed by atoms with van der Waals surface area (Å²) in [5, 5.41) is 12.0. The van der Waals surface area contributed by atoms with Gasteiger partial charge in [0.1, 0.15) is 0 Å². The highest BCUT2D eigenvalue weighted by molar-refractivity contribution is 5.92. The van der Waals surface area contributed by atoms with E-state index >= 15 is 0 Å². The number of aliphatic carboxylic acids is 1. The van der Waals surface area contributed by atoms with Gasteiger partial charge in [0.05, 0.1) is 12.5 Å². The number of hydrogen-bond donors (Lipinski definition) is 2. The molecule has 5 nitrogen and oxygen atoms in total. The van der Waals surface area contributed by atoms with Crippen molar-refractivity contribution < 1.29 is 14.7 Å². The highest BCUT2D eigenvalue weighted by atomic mass is 16.4. The lowest BCUT2D eigenvalue weighted by Gasteiger charge is -2.15. The molecular weight excluding hydrogens is 268 g/mol. The average molecular weight is 290 g/mol. The molecule has 2 rings (SSSR count). The minimum Gasteiger partial charge on any atom is -0.481 e. The average Bonchev–Trinajstić information content (AvgIpc) is 2.79. The Hall–Kier alpha value is -1.88. The third-order valence-corrected chi connectivity index (χ3v) is 3.99. The number of amides is 1. The van der Waals surface area contributed by atoms with Crippen LogP contribution in [0.15, 0.2) is 24.3 Å². The van der Waals surface area contributed by atoms with Crippen LogP contribution in [0.1, 0.15) is 19.4 Å². The van der Waals surface area contributed by atoms with E-state index in [4.69, 9.17) is 5.11 Å². The number of rotatable bonds is 5. The monoisotopic (exact) mass is 290 g/mol. The maximum Gasteiger partial charge on any atom is 0.308 e. The summed E-state index contributed by atoms with van der Waals surface area (Å²) in [6, 6.07) is 7.77. The molecule has 1 aliphatic rings. The van der Waals surface area contributed by atoms with E-state index < -0.39 is 5.97 Å². The molecule has 1 aromatic rings. The first-order valence-corrected chi connectivity index (χ1v) is 7.33. The minimum absolute atomic E-state index is 0.0821. The maximum absolute atomic E-state index is 12.1. The molecule has 1 fully saturated rings. The van der Waals surface area contributed by atoms with Gasteiger partial charge in [-0.1, -0.05) is 26.0 Å². The highest BCUT2D eigenvalue weighted by Crippen LogP contribution is 2.22. The molecule has 0 unspecified atom stereocenters. The van der Waals surface area contributed by atoms with Gasteiger partial charge in [0.2, 0.25) is 5.91 Å². The fourth-order valence-corrected chi connectivity index (χ4v) is 2.79. The molecular formula is C16H22N2O3. The van der Waals surface area contributed by atoms with Crippen LogP contribution in [0.3, 0.4) is 0 Å². The van der Waals surface area contributed by atoms with Crippen LogP contribution in [-0.2, 0) is 16.0 Å². The molecule has 1 saturated heterocycles. The highest BCUT2D eigenvalue weighted by Gasteiger charge is 2.35. The van der Waals surface area contributed by atoms with Gasteiger partial charge < -0.3 is 10.4 Å². The van der Waals surface area contributed by atoms with E-state index in [1.165, 1.54) is 5.56 Å². The lowest BCUT2D eigenvalue weighted by Crippen LogP contribution is -2.32. The topological polar surface area (TPSA) is 69.6 Å². The van der Waals surface area contributed by atoms with Crippen LogP contribution in [0.2, 0.25) is 0 Å². The normalized spacial score (nSPS) is 22.2. The lowest BCUT2D eigenvalue weighted by molar-refractivity contribution is -0.142. The lowest BCUT2D eigenvalue weighted by atomic mass is 9.99. The molecule has 0 bridgehead atoms. The molecule has 0 spiro atoms.